The first-order valence-corrected chi connectivity index (χ1v) is 9.30. The van der Waals surface area contributed by atoms with Crippen LogP contribution in [-0.4, -0.2) is 47.1 Å². The van der Waals surface area contributed by atoms with Crippen molar-refractivity contribution < 1.29 is 13.9 Å². The average molecular weight is 378 g/mol. The van der Waals surface area contributed by atoms with Gasteiger partial charge in [0.1, 0.15) is 12.3 Å². The van der Waals surface area contributed by atoms with Crippen molar-refractivity contribution in [3.8, 4) is 11.5 Å². The lowest BCUT2D eigenvalue weighted by Crippen LogP contribution is -2.45. The van der Waals surface area contributed by atoms with Crippen molar-refractivity contribution in [2.45, 2.75) is 12.6 Å². The molecule has 1 fully saturated rings. The molecule has 3 heterocycles. The molecule has 3 aromatic rings. The SMILES string of the molecule is O=C(NCc1coc(-c2ccccc2)n1)C(c1cccnc1)N1CCOCC1. The van der Waals surface area contributed by atoms with Gasteiger partial charge in [-0.2, -0.15) is 0 Å². The number of ether oxygens (including phenoxy) is 1. The van der Waals surface area contributed by atoms with E-state index < -0.39 is 6.04 Å². The monoisotopic (exact) mass is 378 g/mol. The van der Waals surface area contributed by atoms with E-state index >= 15 is 0 Å². The molecule has 144 valence electrons. The van der Waals surface area contributed by atoms with Gasteiger partial charge in [0.2, 0.25) is 11.8 Å². The Hall–Kier alpha value is -3.03. The molecule has 1 N–H and O–H groups in total. The molecule has 7 nitrogen and oxygen atoms in total. The second-order valence-corrected chi connectivity index (χ2v) is 6.57. The minimum atomic E-state index is -0.405. The van der Waals surface area contributed by atoms with Crippen LogP contribution in [0, 0.1) is 0 Å². The lowest BCUT2D eigenvalue weighted by Gasteiger charge is -2.33. The summed E-state index contributed by atoms with van der Waals surface area (Å²) >= 11 is 0. The Morgan fingerprint density at radius 2 is 1.96 bits per heavy atom. The van der Waals surface area contributed by atoms with Crippen molar-refractivity contribution >= 4 is 5.91 Å². The highest BCUT2D eigenvalue weighted by Gasteiger charge is 2.29. The van der Waals surface area contributed by atoms with E-state index in [1.165, 1.54) is 0 Å². The van der Waals surface area contributed by atoms with Gasteiger partial charge in [0.05, 0.1) is 25.5 Å². The van der Waals surface area contributed by atoms with Gasteiger partial charge in [0, 0.05) is 31.0 Å². The third kappa shape index (κ3) is 4.27. The van der Waals surface area contributed by atoms with Crippen LogP contribution in [0.5, 0.6) is 0 Å². The summed E-state index contributed by atoms with van der Waals surface area (Å²) in [4.78, 5) is 23.8. The number of morpholine rings is 1. The molecule has 2 aromatic heterocycles. The number of benzene rings is 1. The van der Waals surface area contributed by atoms with Crippen LogP contribution in [0.4, 0.5) is 0 Å². The first-order chi connectivity index (χ1) is 13.8. The average Bonchev–Trinajstić information content (AvgIpc) is 3.24. The summed E-state index contributed by atoms with van der Waals surface area (Å²) in [6, 6.07) is 13.0. The highest BCUT2D eigenvalue weighted by Crippen LogP contribution is 2.22. The van der Waals surface area contributed by atoms with Gasteiger partial charge in [0.15, 0.2) is 0 Å². The number of rotatable bonds is 6. The van der Waals surface area contributed by atoms with Gasteiger partial charge >= 0.3 is 0 Å². The smallest absolute Gasteiger partial charge is 0.242 e. The van der Waals surface area contributed by atoms with Crippen molar-refractivity contribution in [1.29, 1.82) is 0 Å². The number of nitrogens with zero attached hydrogens (tertiary/aromatic N) is 3. The number of hydrogen-bond donors (Lipinski definition) is 1. The Bertz CT molecular complexity index is 892. The van der Waals surface area contributed by atoms with E-state index in [0.29, 0.717) is 44.4 Å². The molecule has 1 aromatic carbocycles. The zero-order chi connectivity index (χ0) is 19.2. The molecule has 0 saturated carbocycles. The lowest BCUT2D eigenvalue weighted by atomic mass is 10.1. The van der Waals surface area contributed by atoms with Gasteiger partial charge in [-0.25, -0.2) is 4.98 Å². The minimum Gasteiger partial charge on any atom is -0.444 e. The Balaban J connectivity index is 1.45. The molecule has 1 saturated heterocycles. The van der Waals surface area contributed by atoms with Gasteiger partial charge in [-0.15, -0.1) is 0 Å². The summed E-state index contributed by atoms with van der Waals surface area (Å²) in [6.07, 6.45) is 5.03. The number of amides is 1. The van der Waals surface area contributed by atoms with Gasteiger partial charge in [-0.1, -0.05) is 24.3 Å². The van der Waals surface area contributed by atoms with Gasteiger partial charge < -0.3 is 14.5 Å². The van der Waals surface area contributed by atoms with Crippen LogP contribution in [0.25, 0.3) is 11.5 Å². The summed E-state index contributed by atoms with van der Waals surface area (Å²) in [7, 11) is 0. The molecule has 0 spiro atoms. The molecule has 4 rings (SSSR count). The maximum atomic E-state index is 13.0. The Morgan fingerprint density at radius 1 is 1.14 bits per heavy atom. The van der Waals surface area contributed by atoms with Crippen LogP contribution in [0.15, 0.2) is 65.5 Å². The molecule has 1 atom stereocenters. The van der Waals surface area contributed by atoms with Crippen molar-refractivity contribution in [1.82, 2.24) is 20.2 Å². The fourth-order valence-corrected chi connectivity index (χ4v) is 3.28. The van der Waals surface area contributed by atoms with Gasteiger partial charge in [0.25, 0.3) is 0 Å². The molecule has 0 bridgehead atoms. The fraction of sp³-hybridized carbons (Fsp3) is 0.286. The number of carbonyl (C=O) groups excluding carboxylic acids is 1. The van der Waals surface area contributed by atoms with Gasteiger partial charge in [-0.3, -0.25) is 14.7 Å². The largest absolute Gasteiger partial charge is 0.444 e. The van der Waals surface area contributed by atoms with Crippen LogP contribution in [0.2, 0.25) is 0 Å². The van der Waals surface area contributed by atoms with Crippen LogP contribution in [-0.2, 0) is 16.1 Å². The zero-order valence-corrected chi connectivity index (χ0v) is 15.5. The van der Waals surface area contributed by atoms with Crippen LogP contribution in [0.3, 0.4) is 0 Å². The van der Waals surface area contributed by atoms with Crippen LogP contribution in [0.1, 0.15) is 17.3 Å². The normalized spacial score (nSPS) is 15.9. The summed E-state index contributed by atoms with van der Waals surface area (Å²) in [5.74, 6) is 0.459. The topological polar surface area (TPSA) is 80.5 Å². The van der Waals surface area contributed by atoms with E-state index in [1.807, 2.05) is 42.5 Å². The first kappa shape index (κ1) is 18.3. The van der Waals surface area contributed by atoms with Crippen molar-refractivity contribution in [3.63, 3.8) is 0 Å². The van der Waals surface area contributed by atoms with E-state index in [1.54, 1.807) is 18.7 Å². The molecule has 1 amide bonds. The maximum Gasteiger partial charge on any atom is 0.242 e. The zero-order valence-electron chi connectivity index (χ0n) is 15.5. The Morgan fingerprint density at radius 3 is 2.71 bits per heavy atom. The molecule has 0 aliphatic carbocycles. The predicted octanol–water partition coefficient (Wildman–Crippen LogP) is 2.43. The number of nitrogens with one attached hydrogen (secondary N) is 1. The second-order valence-electron chi connectivity index (χ2n) is 6.57. The fourth-order valence-electron chi connectivity index (χ4n) is 3.28. The molecule has 1 unspecified atom stereocenters. The number of oxazole rings is 1. The quantitative estimate of drug-likeness (QED) is 0.710. The number of hydrogen-bond acceptors (Lipinski definition) is 6. The van der Waals surface area contributed by atoms with Crippen molar-refractivity contribution in [2.75, 3.05) is 26.3 Å². The maximum absolute atomic E-state index is 13.0. The lowest BCUT2D eigenvalue weighted by molar-refractivity contribution is -0.128. The highest BCUT2D eigenvalue weighted by molar-refractivity contribution is 5.83. The second kappa shape index (κ2) is 8.77. The van der Waals surface area contributed by atoms with Crippen LogP contribution < -0.4 is 5.32 Å². The molecular formula is C21H22N4O3. The molecular weight excluding hydrogens is 356 g/mol. The molecule has 28 heavy (non-hydrogen) atoms. The molecule has 1 aliphatic heterocycles. The van der Waals surface area contributed by atoms with Crippen molar-refractivity contribution in [3.05, 3.63) is 72.4 Å². The first-order valence-electron chi connectivity index (χ1n) is 9.30. The third-order valence-electron chi connectivity index (χ3n) is 4.68. The predicted molar refractivity (Wildman–Crippen MR) is 103 cm³/mol. The minimum absolute atomic E-state index is 0.0841. The summed E-state index contributed by atoms with van der Waals surface area (Å²) < 4.78 is 11.0. The standard InChI is InChI=1S/C21H22N4O3/c26-20(19(17-7-4-8-22-13-17)25-9-11-27-12-10-25)23-14-18-15-28-21(24-18)16-5-2-1-3-6-16/h1-8,13,15,19H,9-12,14H2,(H,23,26). The molecule has 1 aliphatic rings. The van der Waals surface area contributed by atoms with E-state index in [-0.39, 0.29) is 5.91 Å². The van der Waals surface area contributed by atoms with Crippen LogP contribution >= 0.6 is 0 Å². The highest BCUT2D eigenvalue weighted by atomic mass is 16.5. The third-order valence-corrected chi connectivity index (χ3v) is 4.68. The Labute approximate surface area is 163 Å². The number of aromatic nitrogens is 2. The van der Waals surface area contributed by atoms with E-state index in [2.05, 4.69) is 20.2 Å². The number of carbonyl (C=O) groups is 1. The van der Waals surface area contributed by atoms with E-state index in [9.17, 15) is 4.79 Å². The summed E-state index contributed by atoms with van der Waals surface area (Å²) in [6.45, 7) is 2.95. The summed E-state index contributed by atoms with van der Waals surface area (Å²) in [5.41, 5.74) is 2.45. The number of pyridine rings is 1. The summed E-state index contributed by atoms with van der Waals surface area (Å²) in [5, 5.41) is 2.99. The van der Waals surface area contributed by atoms with E-state index in [0.717, 1.165) is 11.1 Å². The van der Waals surface area contributed by atoms with E-state index in [4.69, 9.17) is 9.15 Å². The molecule has 0 radical (unpaired) electrons. The molecule has 7 heteroatoms. The van der Waals surface area contributed by atoms with Crippen molar-refractivity contribution in [2.24, 2.45) is 0 Å². The Kier molecular flexibility index (Phi) is 5.75. The van der Waals surface area contributed by atoms with Gasteiger partial charge in [-0.05, 0) is 23.8 Å².